The van der Waals surface area contributed by atoms with Gasteiger partial charge in [-0.05, 0) is 11.6 Å². The van der Waals surface area contributed by atoms with Crippen molar-refractivity contribution >= 4 is 17.6 Å². The van der Waals surface area contributed by atoms with Crippen LogP contribution in [0.4, 0.5) is 0 Å². The summed E-state index contributed by atoms with van der Waals surface area (Å²) in [5.74, 6) is 0.267. The minimum absolute atomic E-state index is 0.267. The van der Waals surface area contributed by atoms with Crippen LogP contribution in [0, 0.1) is 10.1 Å². The van der Waals surface area contributed by atoms with Crippen molar-refractivity contribution in [2.75, 3.05) is 20.2 Å². The van der Waals surface area contributed by atoms with E-state index in [1.807, 2.05) is 6.07 Å². The lowest BCUT2D eigenvalue weighted by Gasteiger charge is -2.18. The summed E-state index contributed by atoms with van der Waals surface area (Å²) in [4.78, 5) is 18.2. The molecule has 0 atom stereocenters. The number of hydrogen-bond donors (Lipinski definition) is 0. The third-order valence-corrected chi connectivity index (χ3v) is 3.08. The Hall–Kier alpha value is -2.35. The maximum atomic E-state index is 10.7. The zero-order valence-corrected chi connectivity index (χ0v) is 12.1. The highest BCUT2D eigenvalue weighted by Gasteiger charge is 2.28. The molecule has 112 valence electrons. The second-order valence-electron chi connectivity index (χ2n) is 4.26. The van der Waals surface area contributed by atoms with Gasteiger partial charge in [-0.15, -0.1) is 0 Å². The summed E-state index contributed by atoms with van der Waals surface area (Å²) in [5, 5.41) is 13.8. The van der Waals surface area contributed by atoms with Crippen molar-refractivity contribution in [2.24, 2.45) is 5.10 Å². The van der Waals surface area contributed by atoms with Crippen LogP contribution in [-0.2, 0) is 11.3 Å². The monoisotopic (exact) mass is 311 g/mol. The largest absolute Gasteiger partial charge is 0.503 e. The Morgan fingerprint density at radius 2 is 2.38 bits per heavy atom. The molecule has 0 bridgehead atoms. The molecule has 0 amide bonds. The fourth-order valence-corrected chi connectivity index (χ4v) is 2.06. The fraction of sp³-hybridized carbons (Fsp3) is 0.333. The molecule has 1 aromatic rings. The van der Waals surface area contributed by atoms with E-state index in [1.54, 1.807) is 28.3 Å². The van der Waals surface area contributed by atoms with Crippen LogP contribution in [0.2, 0.25) is 5.15 Å². The maximum Gasteiger partial charge on any atom is 0.278 e. The minimum Gasteiger partial charge on any atom is -0.503 e. The van der Waals surface area contributed by atoms with Gasteiger partial charge in [-0.2, -0.15) is 0 Å². The third-order valence-electron chi connectivity index (χ3n) is 2.86. The van der Waals surface area contributed by atoms with E-state index in [0.29, 0.717) is 24.8 Å². The molecule has 1 aliphatic heterocycles. The molecule has 0 spiro atoms. The molecule has 0 aliphatic carbocycles. The van der Waals surface area contributed by atoms with Gasteiger partial charge < -0.3 is 14.5 Å². The van der Waals surface area contributed by atoms with E-state index in [9.17, 15) is 10.1 Å². The molecular weight excluding hydrogens is 298 g/mol. The van der Waals surface area contributed by atoms with Crippen LogP contribution in [0.15, 0.2) is 35.9 Å². The van der Waals surface area contributed by atoms with E-state index in [0.717, 1.165) is 5.56 Å². The first-order valence-corrected chi connectivity index (χ1v) is 6.52. The summed E-state index contributed by atoms with van der Waals surface area (Å²) in [6, 6.07) is 3.51. The van der Waals surface area contributed by atoms with Gasteiger partial charge >= 0.3 is 0 Å². The van der Waals surface area contributed by atoms with Gasteiger partial charge in [0.25, 0.3) is 5.96 Å². The number of halogens is 1. The smallest absolute Gasteiger partial charge is 0.278 e. The predicted octanol–water partition coefficient (Wildman–Crippen LogP) is 1.52. The van der Waals surface area contributed by atoms with Crippen LogP contribution < -0.4 is 0 Å². The van der Waals surface area contributed by atoms with Gasteiger partial charge in [0, 0.05) is 32.0 Å². The van der Waals surface area contributed by atoms with Crippen LogP contribution in [0.3, 0.4) is 0 Å². The third kappa shape index (κ3) is 4.06. The highest BCUT2D eigenvalue weighted by Crippen LogP contribution is 2.15. The molecule has 0 saturated carbocycles. The van der Waals surface area contributed by atoms with Crippen molar-refractivity contribution in [1.29, 1.82) is 0 Å². The number of methoxy groups -OCH3 is 1. The van der Waals surface area contributed by atoms with Gasteiger partial charge in [0.2, 0.25) is 0 Å². The van der Waals surface area contributed by atoms with E-state index in [4.69, 9.17) is 16.3 Å². The summed E-state index contributed by atoms with van der Waals surface area (Å²) in [6.07, 6.45) is 4.70. The SMILES string of the molecule is COC=CN1CCN(Cc2ccc(Cl)nc2)C1=N[N+](=O)[O-]. The molecular formula is C12H14ClN5O3. The number of guanidine groups is 1. The summed E-state index contributed by atoms with van der Waals surface area (Å²) >= 11 is 5.74. The number of nitrogens with zero attached hydrogens (tertiary/aromatic N) is 5. The number of rotatable bonds is 5. The number of pyridine rings is 1. The summed E-state index contributed by atoms with van der Waals surface area (Å²) in [7, 11) is 1.51. The number of aromatic nitrogens is 1. The molecule has 1 saturated heterocycles. The van der Waals surface area contributed by atoms with E-state index < -0.39 is 5.03 Å². The highest BCUT2D eigenvalue weighted by molar-refractivity contribution is 6.29. The molecule has 0 radical (unpaired) electrons. The number of hydrogen-bond acceptors (Lipinski definition) is 4. The molecule has 1 fully saturated rings. The minimum atomic E-state index is -0.707. The lowest BCUT2D eigenvalue weighted by molar-refractivity contribution is -0.486. The van der Waals surface area contributed by atoms with Crippen LogP contribution in [0.25, 0.3) is 0 Å². The van der Waals surface area contributed by atoms with Crippen molar-refractivity contribution in [3.63, 3.8) is 0 Å². The van der Waals surface area contributed by atoms with Crippen LogP contribution in [0.1, 0.15) is 5.56 Å². The first-order chi connectivity index (χ1) is 10.1. The normalized spacial score (nSPS) is 17.0. The second-order valence-corrected chi connectivity index (χ2v) is 4.65. The number of nitro groups is 1. The summed E-state index contributed by atoms with van der Waals surface area (Å²) in [5.41, 5.74) is 0.896. The zero-order valence-electron chi connectivity index (χ0n) is 11.3. The van der Waals surface area contributed by atoms with Gasteiger partial charge in [-0.3, -0.25) is 0 Å². The average Bonchev–Trinajstić information content (AvgIpc) is 2.81. The van der Waals surface area contributed by atoms with Gasteiger partial charge in [0.1, 0.15) is 10.3 Å². The fourth-order valence-electron chi connectivity index (χ4n) is 1.95. The Kier molecular flexibility index (Phi) is 4.94. The lowest BCUT2D eigenvalue weighted by atomic mass is 10.3. The molecule has 8 nitrogen and oxygen atoms in total. The number of hydrazone groups is 1. The first-order valence-electron chi connectivity index (χ1n) is 6.14. The molecule has 9 heteroatoms. The second kappa shape index (κ2) is 6.89. The molecule has 0 N–H and O–H groups in total. The maximum absolute atomic E-state index is 10.7. The van der Waals surface area contributed by atoms with Crippen LogP contribution in [0.5, 0.6) is 0 Å². The molecule has 21 heavy (non-hydrogen) atoms. The molecule has 1 aliphatic rings. The molecule has 0 aromatic carbocycles. The standard InChI is InChI=1S/C12H14ClN5O3/c1-21-7-6-16-4-5-17(12(16)15-18(19)20)9-10-2-3-11(13)14-8-10/h2-3,6-8H,4-5,9H2,1H3. The summed E-state index contributed by atoms with van der Waals surface area (Å²) < 4.78 is 4.83. The van der Waals surface area contributed by atoms with Crippen molar-refractivity contribution < 1.29 is 9.77 Å². The molecule has 1 aromatic heterocycles. The summed E-state index contributed by atoms with van der Waals surface area (Å²) in [6.45, 7) is 1.67. The first kappa shape index (κ1) is 15.0. The van der Waals surface area contributed by atoms with Crippen molar-refractivity contribution in [2.45, 2.75) is 6.54 Å². The molecule has 2 heterocycles. The van der Waals surface area contributed by atoms with Gasteiger partial charge in [-0.25, -0.2) is 15.1 Å². The lowest BCUT2D eigenvalue weighted by Crippen LogP contribution is -2.31. The van der Waals surface area contributed by atoms with E-state index in [-0.39, 0.29) is 5.96 Å². The Balaban J connectivity index is 2.16. The van der Waals surface area contributed by atoms with Crippen molar-refractivity contribution in [3.05, 3.63) is 51.6 Å². The van der Waals surface area contributed by atoms with E-state index in [1.165, 1.54) is 13.4 Å². The zero-order chi connectivity index (χ0) is 15.2. The quantitative estimate of drug-likeness (QED) is 0.355. The van der Waals surface area contributed by atoms with Crippen molar-refractivity contribution in [3.8, 4) is 0 Å². The number of ether oxygens (including phenoxy) is 1. The molecule has 0 unspecified atom stereocenters. The Labute approximate surface area is 126 Å². The van der Waals surface area contributed by atoms with Gasteiger partial charge in [-0.1, -0.05) is 17.7 Å². The Bertz CT molecular complexity index is 561. The topological polar surface area (TPSA) is 84.1 Å². The van der Waals surface area contributed by atoms with Gasteiger partial charge in [0.05, 0.1) is 13.4 Å². The van der Waals surface area contributed by atoms with Gasteiger partial charge in [0.15, 0.2) is 5.03 Å². The highest BCUT2D eigenvalue weighted by atomic mass is 35.5. The Morgan fingerprint density at radius 1 is 1.57 bits per heavy atom. The molecule has 2 rings (SSSR count). The van der Waals surface area contributed by atoms with Crippen LogP contribution in [-0.4, -0.2) is 46.0 Å². The van der Waals surface area contributed by atoms with Crippen LogP contribution >= 0.6 is 11.6 Å². The van der Waals surface area contributed by atoms with E-state index >= 15 is 0 Å². The Morgan fingerprint density at radius 3 is 3.00 bits per heavy atom. The predicted molar refractivity (Wildman–Crippen MR) is 76.9 cm³/mol. The van der Waals surface area contributed by atoms with E-state index in [2.05, 4.69) is 10.1 Å². The average molecular weight is 312 g/mol. The van der Waals surface area contributed by atoms with Crippen molar-refractivity contribution in [1.82, 2.24) is 14.8 Å².